The maximum Gasteiger partial charge on any atom is 0.387 e. The van der Waals surface area contributed by atoms with Crippen LogP contribution in [0.25, 0.3) is 10.9 Å². The molecule has 0 atom stereocenters. The van der Waals surface area contributed by atoms with Crippen molar-refractivity contribution >= 4 is 16.8 Å². The fourth-order valence-electron chi connectivity index (χ4n) is 3.17. The van der Waals surface area contributed by atoms with Crippen molar-refractivity contribution < 1.29 is 23.0 Å². The third-order valence-corrected chi connectivity index (χ3v) is 4.70. The Kier molecular flexibility index (Phi) is 6.68. The van der Waals surface area contributed by atoms with E-state index in [1.165, 1.54) is 37.4 Å². The van der Waals surface area contributed by atoms with Crippen LogP contribution in [0.2, 0.25) is 0 Å². The molecule has 8 nitrogen and oxygen atoms in total. The number of halogens is 2. The summed E-state index contributed by atoms with van der Waals surface area (Å²) in [6.45, 7) is -0.826. The average Bonchev–Trinajstić information content (AvgIpc) is 2.73. The molecule has 0 fully saturated rings. The Morgan fingerprint density at radius 2 is 1.94 bits per heavy atom. The fraction of sp³-hybridized carbons (Fsp3) is 0.286. The molecule has 0 bridgehead atoms. The number of methoxy groups -OCH3 is 1. The van der Waals surface area contributed by atoms with Crippen LogP contribution in [0.1, 0.15) is 22.8 Å². The molecule has 0 radical (unpaired) electrons. The summed E-state index contributed by atoms with van der Waals surface area (Å²) in [4.78, 5) is 39.3. The van der Waals surface area contributed by atoms with Crippen LogP contribution in [0.15, 0.2) is 46.0 Å². The zero-order chi connectivity index (χ0) is 22.5. The molecule has 3 aromatic rings. The summed E-state index contributed by atoms with van der Waals surface area (Å²) in [5, 5.41) is 3.03. The molecular formula is C21H21F2N3O5. The van der Waals surface area contributed by atoms with E-state index < -0.39 is 23.8 Å². The normalized spacial score (nSPS) is 11.0. The highest BCUT2D eigenvalue weighted by Gasteiger charge is 2.13. The molecule has 2 N–H and O–H groups in total. The first kappa shape index (κ1) is 22.0. The molecular weight excluding hydrogens is 412 g/mol. The van der Waals surface area contributed by atoms with E-state index in [2.05, 4.69) is 15.0 Å². The summed E-state index contributed by atoms with van der Waals surface area (Å²) in [5.41, 5.74) is 0.248. The Labute approximate surface area is 175 Å². The van der Waals surface area contributed by atoms with E-state index in [1.54, 1.807) is 13.0 Å². The van der Waals surface area contributed by atoms with Crippen LogP contribution in [0, 0.1) is 0 Å². The number of nitrogens with zero attached hydrogens (tertiary/aromatic N) is 1. The highest BCUT2D eigenvalue weighted by atomic mass is 19.3. The number of nitrogens with one attached hydrogen (secondary N) is 2. The zero-order valence-electron chi connectivity index (χ0n) is 16.9. The van der Waals surface area contributed by atoms with Crippen molar-refractivity contribution in [1.82, 2.24) is 14.9 Å². The van der Waals surface area contributed by atoms with Gasteiger partial charge in [-0.3, -0.25) is 14.2 Å². The van der Waals surface area contributed by atoms with Crippen molar-refractivity contribution in [1.29, 1.82) is 0 Å². The summed E-state index contributed by atoms with van der Waals surface area (Å²) in [6.07, 6.45) is 0.362. The van der Waals surface area contributed by atoms with Crippen LogP contribution >= 0.6 is 0 Å². The lowest BCUT2D eigenvalue weighted by Crippen LogP contribution is -2.34. The number of hydrogen-bond donors (Lipinski definition) is 2. The number of aromatic amines is 1. The summed E-state index contributed by atoms with van der Waals surface area (Å²) < 4.78 is 35.6. The SMILES string of the molecule is CCn1c(=O)[nH]c2cc(C(=O)NCCc3ccc(OC)c(OC(F)F)c3)ccc2c1=O. The molecule has 0 spiro atoms. The van der Waals surface area contributed by atoms with Crippen LogP contribution in [-0.4, -0.2) is 35.7 Å². The number of fused-ring (bicyclic) bond motifs is 1. The lowest BCUT2D eigenvalue weighted by atomic mass is 10.1. The molecule has 1 amide bonds. The van der Waals surface area contributed by atoms with Gasteiger partial charge in [-0.2, -0.15) is 8.78 Å². The van der Waals surface area contributed by atoms with Gasteiger partial charge in [0.05, 0.1) is 18.0 Å². The smallest absolute Gasteiger partial charge is 0.387 e. The number of aromatic nitrogens is 2. The van der Waals surface area contributed by atoms with Gasteiger partial charge in [-0.25, -0.2) is 4.79 Å². The highest BCUT2D eigenvalue weighted by Crippen LogP contribution is 2.29. The average molecular weight is 433 g/mol. The van der Waals surface area contributed by atoms with Gasteiger partial charge in [0.15, 0.2) is 11.5 Å². The van der Waals surface area contributed by atoms with Crippen molar-refractivity contribution in [2.75, 3.05) is 13.7 Å². The zero-order valence-corrected chi connectivity index (χ0v) is 16.9. The standard InChI is InChI=1S/C21H21F2N3O5/c1-3-26-19(28)14-6-5-13(11-15(14)25-21(26)29)18(27)24-9-8-12-4-7-16(30-2)17(10-12)31-20(22)23/h4-7,10-11,20H,3,8-9H2,1-2H3,(H,24,27)(H,25,29). The summed E-state index contributed by atoms with van der Waals surface area (Å²) >= 11 is 0. The maximum absolute atomic E-state index is 12.5. The molecule has 0 saturated heterocycles. The Hall–Kier alpha value is -3.69. The van der Waals surface area contributed by atoms with Gasteiger partial charge >= 0.3 is 12.3 Å². The van der Waals surface area contributed by atoms with Crippen LogP contribution in [0.4, 0.5) is 8.78 Å². The van der Waals surface area contributed by atoms with E-state index in [-0.39, 0.29) is 35.7 Å². The number of amides is 1. The molecule has 2 aromatic carbocycles. The largest absolute Gasteiger partial charge is 0.493 e. The second-order valence-electron chi connectivity index (χ2n) is 6.61. The van der Waals surface area contributed by atoms with Gasteiger partial charge in [0.2, 0.25) is 0 Å². The number of carbonyl (C=O) groups is 1. The molecule has 0 aliphatic heterocycles. The number of carbonyl (C=O) groups excluding carboxylic acids is 1. The molecule has 10 heteroatoms. The summed E-state index contributed by atoms with van der Waals surface area (Å²) in [5.74, 6) is -0.307. The second kappa shape index (κ2) is 9.41. The first-order valence-electron chi connectivity index (χ1n) is 9.50. The Morgan fingerprint density at radius 3 is 2.61 bits per heavy atom. The lowest BCUT2D eigenvalue weighted by molar-refractivity contribution is -0.0512. The van der Waals surface area contributed by atoms with Crippen molar-refractivity contribution in [2.45, 2.75) is 26.5 Å². The number of hydrogen-bond acceptors (Lipinski definition) is 5. The predicted molar refractivity (Wildman–Crippen MR) is 110 cm³/mol. The number of alkyl halides is 2. The van der Waals surface area contributed by atoms with Crippen molar-refractivity contribution in [3.8, 4) is 11.5 Å². The summed E-state index contributed by atoms with van der Waals surface area (Å²) in [7, 11) is 1.35. The number of H-pyrrole nitrogens is 1. The first-order chi connectivity index (χ1) is 14.8. The van der Waals surface area contributed by atoms with Gasteiger partial charge in [0.25, 0.3) is 11.5 Å². The molecule has 1 heterocycles. The van der Waals surface area contributed by atoms with Crippen molar-refractivity contribution in [2.24, 2.45) is 0 Å². The maximum atomic E-state index is 12.5. The molecule has 0 unspecified atom stereocenters. The van der Waals surface area contributed by atoms with Gasteiger partial charge in [0, 0.05) is 18.7 Å². The third-order valence-electron chi connectivity index (χ3n) is 4.70. The van der Waals surface area contributed by atoms with Gasteiger partial charge in [0.1, 0.15) is 0 Å². The molecule has 1 aromatic heterocycles. The molecule has 0 saturated carbocycles. The number of benzene rings is 2. The van der Waals surface area contributed by atoms with E-state index in [0.717, 1.165) is 4.57 Å². The van der Waals surface area contributed by atoms with E-state index in [9.17, 15) is 23.2 Å². The summed E-state index contributed by atoms with van der Waals surface area (Å²) in [6, 6.07) is 9.05. The van der Waals surface area contributed by atoms with Crippen molar-refractivity contribution in [3.05, 3.63) is 68.4 Å². The second-order valence-corrected chi connectivity index (χ2v) is 6.61. The number of ether oxygens (including phenoxy) is 2. The minimum atomic E-state index is -2.98. The third kappa shape index (κ3) is 4.90. The van der Waals surface area contributed by atoms with Crippen LogP contribution < -0.4 is 26.0 Å². The molecule has 0 aliphatic rings. The van der Waals surface area contributed by atoms with Gasteiger partial charge < -0.3 is 19.8 Å². The van der Waals surface area contributed by atoms with Gasteiger partial charge in [-0.1, -0.05) is 6.07 Å². The quantitative estimate of drug-likeness (QED) is 0.568. The van der Waals surface area contributed by atoms with Crippen LogP contribution in [0.3, 0.4) is 0 Å². The number of rotatable bonds is 8. The Morgan fingerprint density at radius 1 is 1.16 bits per heavy atom. The van der Waals surface area contributed by atoms with Crippen LogP contribution in [0.5, 0.6) is 11.5 Å². The first-order valence-corrected chi connectivity index (χ1v) is 9.50. The predicted octanol–water partition coefficient (Wildman–Crippen LogP) is 2.29. The highest BCUT2D eigenvalue weighted by molar-refractivity contribution is 5.97. The lowest BCUT2D eigenvalue weighted by Gasteiger charge is -2.12. The van der Waals surface area contributed by atoms with E-state index >= 15 is 0 Å². The fourth-order valence-corrected chi connectivity index (χ4v) is 3.17. The molecule has 0 aliphatic carbocycles. The Balaban J connectivity index is 1.70. The van der Waals surface area contributed by atoms with E-state index in [4.69, 9.17) is 4.74 Å². The molecule has 164 valence electrons. The van der Waals surface area contributed by atoms with Gasteiger partial charge in [-0.15, -0.1) is 0 Å². The van der Waals surface area contributed by atoms with Gasteiger partial charge in [-0.05, 0) is 49.2 Å². The Bertz CT molecular complexity index is 1220. The molecule has 3 rings (SSSR count). The minimum Gasteiger partial charge on any atom is -0.493 e. The van der Waals surface area contributed by atoms with Crippen LogP contribution in [-0.2, 0) is 13.0 Å². The van der Waals surface area contributed by atoms with E-state index in [1.807, 2.05) is 0 Å². The van der Waals surface area contributed by atoms with Crippen molar-refractivity contribution in [3.63, 3.8) is 0 Å². The van der Waals surface area contributed by atoms with E-state index in [0.29, 0.717) is 17.4 Å². The molecule has 31 heavy (non-hydrogen) atoms. The topological polar surface area (TPSA) is 102 Å². The monoisotopic (exact) mass is 433 g/mol. The minimum absolute atomic E-state index is 0.0856.